The normalized spacial score (nSPS) is 11.4. The van der Waals surface area contributed by atoms with Crippen LogP contribution in [0, 0.1) is 0 Å². The predicted octanol–water partition coefficient (Wildman–Crippen LogP) is 0.929. The van der Waals surface area contributed by atoms with E-state index < -0.39 is 30.4 Å². The molecular weight excluding hydrogens is 368 g/mol. The van der Waals surface area contributed by atoms with Crippen LogP contribution in [0.15, 0.2) is 18.2 Å². The van der Waals surface area contributed by atoms with Gasteiger partial charge in [-0.3, -0.25) is 14.4 Å². The third-order valence-corrected chi connectivity index (χ3v) is 3.92. The smallest absolute Gasteiger partial charge is 0.341 e. The van der Waals surface area contributed by atoms with E-state index in [1.54, 1.807) is 0 Å². The van der Waals surface area contributed by atoms with Crippen molar-refractivity contribution in [1.82, 2.24) is 5.32 Å². The molecule has 0 fully saturated rings. The van der Waals surface area contributed by atoms with Crippen LogP contribution in [0.1, 0.15) is 53.3 Å². The number of carbonyl (C=O) groups is 4. The Labute approximate surface area is 163 Å². The summed E-state index contributed by atoms with van der Waals surface area (Å²) in [6.45, 7) is 1.35. The molecule has 9 nitrogen and oxygen atoms in total. The Balaban J connectivity index is 2.64. The Bertz CT molecular complexity index is 718. The van der Waals surface area contributed by atoms with Gasteiger partial charge in [0.2, 0.25) is 5.91 Å². The number of methoxy groups -OCH3 is 1. The number of hydrogen-bond acceptors (Lipinski definition) is 8. The Kier molecular flexibility index (Phi) is 9.66. The number of ketones is 1. The van der Waals surface area contributed by atoms with E-state index in [0.29, 0.717) is 13.0 Å². The summed E-state index contributed by atoms with van der Waals surface area (Å²) in [6.07, 6.45) is 2.02. The van der Waals surface area contributed by atoms with Crippen LogP contribution in [-0.4, -0.2) is 55.0 Å². The lowest BCUT2D eigenvalue weighted by Crippen LogP contribution is -2.35. The van der Waals surface area contributed by atoms with Gasteiger partial charge in [-0.15, -0.1) is 0 Å². The van der Waals surface area contributed by atoms with Crippen LogP contribution in [0.25, 0.3) is 0 Å². The van der Waals surface area contributed by atoms with Crippen molar-refractivity contribution in [2.24, 2.45) is 5.73 Å². The molecule has 154 valence electrons. The van der Waals surface area contributed by atoms with Crippen LogP contribution in [0.2, 0.25) is 0 Å². The number of amides is 1. The van der Waals surface area contributed by atoms with Gasteiger partial charge in [0, 0.05) is 18.5 Å². The van der Waals surface area contributed by atoms with Crippen molar-refractivity contribution in [3.8, 4) is 5.75 Å². The number of carbonyl (C=O) groups excluding carboxylic acids is 4. The van der Waals surface area contributed by atoms with Crippen molar-refractivity contribution < 1.29 is 33.8 Å². The Morgan fingerprint density at radius 2 is 1.93 bits per heavy atom. The largest absolute Gasteiger partial charge is 0.507 e. The van der Waals surface area contributed by atoms with Crippen molar-refractivity contribution in [2.75, 3.05) is 20.3 Å². The number of ether oxygens (including phenoxy) is 2. The molecule has 0 aliphatic heterocycles. The number of esters is 2. The first-order valence-corrected chi connectivity index (χ1v) is 8.85. The SMILES string of the molecule is COC(=O)c1cc(C(=O)COC(=O)CC(CCCCN)NC(C)=O)ccc1O. The summed E-state index contributed by atoms with van der Waals surface area (Å²) in [6, 6.07) is 3.27. The summed E-state index contributed by atoms with van der Waals surface area (Å²) in [5.74, 6) is -2.55. The second kappa shape index (κ2) is 11.7. The maximum absolute atomic E-state index is 12.2. The van der Waals surface area contributed by atoms with Gasteiger partial charge in [0.1, 0.15) is 11.3 Å². The summed E-state index contributed by atoms with van der Waals surface area (Å²) >= 11 is 0. The van der Waals surface area contributed by atoms with Gasteiger partial charge in [-0.25, -0.2) is 4.79 Å². The van der Waals surface area contributed by atoms with Crippen molar-refractivity contribution >= 4 is 23.6 Å². The van der Waals surface area contributed by atoms with Crippen LogP contribution in [0.3, 0.4) is 0 Å². The van der Waals surface area contributed by atoms with Gasteiger partial charge in [0.25, 0.3) is 0 Å². The average Bonchev–Trinajstić information content (AvgIpc) is 2.65. The van der Waals surface area contributed by atoms with Crippen LogP contribution in [-0.2, 0) is 19.1 Å². The van der Waals surface area contributed by atoms with Gasteiger partial charge in [0.05, 0.1) is 13.5 Å². The highest BCUT2D eigenvalue weighted by Crippen LogP contribution is 2.20. The van der Waals surface area contributed by atoms with Crippen LogP contribution < -0.4 is 11.1 Å². The van der Waals surface area contributed by atoms with E-state index in [4.69, 9.17) is 10.5 Å². The molecule has 0 radical (unpaired) electrons. The molecule has 1 aromatic rings. The van der Waals surface area contributed by atoms with Gasteiger partial charge in [-0.05, 0) is 37.6 Å². The van der Waals surface area contributed by atoms with Crippen molar-refractivity contribution in [2.45, 2.75) is 38.6 Å². The van der Waals surface area contributed by atoms with E-state index in [1.165, 1.54) is 25.1 Å². The monoisotopic (exact) mass is 394 g/mol. The maximum Gasteiger partial charge on any atom is 0.341 e. The number of hydrogen-bond donors (Lipinski definition) is 3. The lowest BCUT2D eigenvalue weighted by atomic mass is 10.1. The molecule has 1 unspecified atom stereocenters. The summed E-state index contributed by atoms with van der Waals surface area (Å²) in [7, 11) is 1.15. The quantitative estimate of drug-likeness (QED) is 0.285. The van der Waals surface area contributed by atoms with Gasteiger partial charge < -0.3 is 25.6 Å². The molecule has 1 aromatic carbocycles. The molecule has 0 saturated heterocycles. The second-order valence-electron chi connectivity index (χ2n) is 6.19. The molecule has 0 saturated carbocycles. The number of unbranched alkanes of at least 4 members (excludes halogenated alkanes) is 1. The van der Waals surface area contributed by atoms with E-state index in [-0.39, 0.29) is 29.2 Å². The van der Waals surface area contributed by atoms with E-state index in [0.717, 1.165) is 20.0 Å². The summed E-state index contributed by atoms with van der Waals surface area (Å²) in [5, 5.41) is 12.3. The van der Waals surface area contributed by atoms with Gasteiger partial charge >= 0.3 is 11.9 Å². The minimum atomic E-state index is -0.792. The van der Waals surface area contributed by atoms with E-state index in [1.807, 2.05) is 0 Å². The molecule has 1 atom stereocenters. The van der Waals surface area contributed by atoms with E-state index in [2.05, 4.69) is 10.1 Å². The fraction of sp³-hybridized carbons (Fsp3) is 0.474. The zero-order chi connectivity index (χ0) is 21.1. The highest BCUT2D eigenvalue weighted by molar-refractivity contribution is 6.01. The number of nitrogens with one attached hydrogen (secondary N) is 1. The lowest BCUT2D eigenvalue weighted by molar-refractivity contribution is -0.143. The molecule has 28 heavy (non-hydrogen) atoms. The molecule has 4 N–H and O–H groups in total. The van der Waals surface area contributed by atoms with Crippen molar-refractivity contribution in [3.05, 3.63) is 29.3 Å². The van der Waals surface area contributed by atoms with E-state index in [9.17, 15) is 24.3 Å². The average molecular weight is 394 g/mol. The molecule has 0 heterocycles. The lowest BCUT2D eigenvalue weighted by Gasteiger charge is -2.17. The molecule has 0 aliphatic carbocycles. The number of nitrogens with two attached hydrogens (primary N) is 1. The number of aromatic hydroxyl groups is 1. The fourth-order valence-electron chi connectivity index (χ4n) is 2.52. The topological polar surface area (TPSA) is 145 Å². The van der Waals surface area contributed by atoms with Crippen molar-refractivity contribution in [3.63, 3.8) is 0 Å². The number of benzene rings is 1. The van der Waals surface area contributed by atoms with Crippen molar-refractivity contribution in [1.29, 1.82) is 0 Å². The number of phenolic OH excluding ortho intramolecular Hbond substituents is 1. The standard InChI is InChI=1S/C19H26N2O7/c1-12(22)21-14(5-3-4-8-20)10-18(25)28-11-17(24)13-6-7-16(23)15(9-13)19(26)27-2/h6-7,9,14,23H,3-5,8,10-11,20H2,1-2H3,(H,21,22). The van der Waals surface area contributed by atoms with Gasteiger partial charge in [0.15, 0.2) is 12.4 Å². The molecule has 9 heteroatoms. The Morgan fingerprint density at radius 1 is 1.21 bits per heavy atom. The Morgan fingerprint density at radius 3 is 2.54 bits per heavy atom. The molecule has 1 amide bonds. The number of Topliss-reactive ketones (excluding diaryl/α,β-unsaturated/α-hetero) is 1. The summed E-state index contributed by atoms with van der Waals surface area (Å²) in [4.78, 5) is 47.0. The highest BCUT2D eigenvalue weighted by atomic mass is 16.5. The van der Waals surface area contributed by atoms with Crippen LogP contribution in [0.4, 0.5) is 0 Å². The third kappa shape index (κ3) is 7.75. The zero-order valence-electron chi connectivity index (χ0n) is 16.0. The van der Waals surface area contributed by atoms with Crippen LogP contribution in [0.5, 0.6) is 5.75 Å². The minimum absolute atomic E-state index is 0.0690. The summed E-state index contributed by atoms with van der Waals surface area (Å²) in [5.41, 5.74) is 5.37. The fourth-order valence-corrected chi connectivity index (χ4v) is 2.52. The highest BCUT2D eigenvalue weighted by Gasteiger charge is 2.19. The third-order valence-electron chi connectivity index (χ3n) is 3.92. The Hall–Kier alpha value is -2.94. The molecular formula is C19H26N2O7. The van der Waals surface area contributed by atoms with Crippen LogP contribution >= 0.6 is 0 Å². The molecule has 0 spiro atoms. The zero-order valence-corrected chi connectivity index (χ0v) is 16.0. The van der Waals surface area contributed by atoms with Gasteiger partial charge in [-0.1, -0.05) is 6.42 Å². The first-order chi connectivity index (χ1) is 13.3. The first-order valence-electron chi connectivity index (χ1n) is 8.85. The molecule has 0 bridgehead atoms. The summed E-state index contributed by atoms with van der Waals surface area (Å²) < 4.78 is 9.52. The minimum Gasteiger partial charge on any atom is -0.507 e. The van der Waals surface area contributed by atoms with Gasteiger partial charge in [-0.2, -0.15) is 0 Å². The second-order valence-corrected chi connectivity index (χ2v) is 6.19. The van der Waals surface area contributed by atoms with E-state index >= 15 is 0 Å². The first kappa shape index (κ1) is 23.1. The number of phenols is 1. The molecule has 0 aromatic heterocycles. The molecule has 1 rings (SSSR count). The number of rotatable bonds is 11. The maximum atomic E-state index is 12.2. The predicted molar refractivity (Wildman–Crippen MR) is 99.9 cm³/mol. The molecule has 0 aliphatic rings.